The second-order valence-corrected chi connectivity index (χ2v) is 8.06. The van der Waals surface area contributed by atoms with Crippen molar-refractivity contribution in [2.45, 2.75) is 19.1 Å². The number of methoxy groups -OCH3 is 1. The Hall–Kier alpha value is -2.24. The number of para-hydroxylation sites is 2. The number of piperazine rings is 1. The average Bonchev–Trinajstić information content (AvgIpc) is 2.84. The monoisotopic (exact) mass is 488 g/mol. The lowest BCUT2D eigenvalue weighted by Gasteiger charge is -2.35. The lowest BCUT2D eigenvalue weighted by Crippen LogP contribution is -3.00. The van der Waals surface area contributed by atoms with Gasteiger partial charge in [-0.05, 0) is 23.3 Å². The molecule has 178 valence electrons. The first-order chi connectivity index (χ1) is 15.3. The topological polar surface area (TPSA) is 24.9 Å². The normalized spacial score (nSPS) is 15.1. The summed E-state index contributed by atoms with van der Waals surface area (Å²) in [5.41, 5.74) is 2.60. The molecule has 1 heterocycles. The fraction of sp³-hybridized carbons (Fsp3) is 0.333. The van der Waals surface area contributed by atoms with Gasteiger partial charge in [0, 0.05) is 45.7 Å². The zero-order chi connectivity index (χ0) is 21.3. The number of rotatable bonds is 9. The summed E-state index contributed by atoms with van der Waals surface area (Å²) in [6.45, 7) is 6.48. The van der Waals surface area contributed by atoms with Crippen LogP contribution in [0, 0.1) is 0 Å². The summed E-state index contributed by atoms with van der Waals surface area (Å²) in [6.07, 6.45) is 0.945. The molecular weight excluding hydrogens is 455 g/mol. The van der Waals surface area contributed by atoms with E-state index in [0.717, 1.165) is 57.2 Å². The second-order valence-electron chi connectivity index (χ2n) is 8.06. The molecule has 1 aliphatic heterocycles. The van der Waals surface area contributed by atoms with Gasteiger partial charge in [0.2, 0.25) is 0 Å². The van der Waals surface area contributed by atoms with Crippen LogP contribution in [0.1, 0.15) is 26.5 Å². The van der Waals surface area contributed by atoms with Crippen LogP contribution in [0.4, 0.5) is 0 Å². The van der Waals surface area contributed by atoms with E-state index >= 15 is 0 Å². The molecule has 4 nitrogen and oxygen atoms in total. The van der Waals surface area contributed by atoms with E-state index in [2.05, 4.69) is 70.5 Å². The van der Waals surface area contributed by atoms with Crippen LogP contribution >= 0.6 is 0 Å². The molecule has 1 aliphatic rings. The summed E-state index contributed by atoms with van der Waals surface area (Å²) < 4.78 is 11.9. The van der Waals surface area contributed by atoms with Crippen LogP contribution in [0.5, 0.6) is 11.5 Å². The molecule has 1 fully saturated rings. The molecule has 3 aromatic carbocycles. The van der Waals surface area contributed by atoms with Crippen LogP contribution in [0.15, 0.2) is 84.9 Å². The molecule has 4 rings (SSSR count). The van der Waals surface area contributed by atoms with Crippen molar-refractivity contribution in [3.05, 3.63) is 96.1 Å². The Kier molecular flexibility index (Phi) is 11.6. The lowest BCUT2D eigenvalue weighted by molar-refractivity contribution is -0.00100. The van der Waals surface area contributed by atoms with Crippen LogP contribution in [-0.4, -0.2) is 49.6 Å². The molecule has 3 aromatic rings. The van der Waals surface area contributed by atoms with Gasteiger partial charge in [-0.1, -0.05) is 72.8 Å². The number of benzene rings is 3. The molecule has 0 saturated carbocycles. The first kappa shape index (κ1) is 27.0. The minimum Gasteiger partial charge on any atom is -1.00 e. The molecule has 1 unspecified atom stereocenters. The molecule has 1 atom stereocenters. The van der Waals surface area contributed by atoms with Gasteiger partial charge in [-0.3, -0.25) is 4.90 Å². The Bertz CT molecular complexity index is 931. The smallest absolute Gasteiger partial charge is 1.00 e. The van der Waals surface area contributed by atoms with Crippen molar-refractivity contribution in [1.82, 2.24) is 9.80 Å². The number of ether oxygens (including phenoxy) is 2. The summed E-state index contributed by atoms with van der Waals surface area (Å²) in [7, 11) is 1.69. The third-order valence-corrected chi connectivity index (χ3v) is 5.93. The SMILES string of the molecule is COc1ccccc1OC(CCN1CCN(Cc2ccccc2)CC1)c1ccccc1.[Cl-].[Cl-].[H+].[H+]. The van der Waals surface area contributed by atoms with Crippen LogP contribution < -0.4 is 34.3 Å². The standard InChI is InChI=1S/C27H32N2O2.2ClH/c1-30-26-14-8-9-15-27(26)31-25(24-12-6-3-7-13-24)16-17-28-18-20-29(21-19-28)22-23-10-4-2-5-11-23;;/h2-15,25H,16-22H2,1H3;2*1H. The van der Waals surface area contributed by atoms with Crippen molar-refractivity contribution in [2.75, 3.05) is 39.8 Å². The van der Waals surface area contributed by atoms with Gasteiger partial charge in [-0.2, -0.15) is 0 Å². The Morgan fingerprint density at radius 3 is 1.91 bits per heavy atom. The van der Waals surface area contributed by atoms with Crippen molar-refractivity contribution >= 4 is 0 Å². The van der Waals surface area contributed by atoms with E-state index in [1.54, 1.807) is 7.11 Å². The Morgan fingerprint density at radius 1 is 0.727 bits per heavy atom. The molecule has 0 aromatic heterocycles. The second kappa shape index (κ2) is 14.1. The fourth-order valence-corrected chi connectivity index (χ4v) is 4.14. The molecule has 33 heavy (non-hydrogen) atoms. The first-order valence-electron chi connectivity index (χ1n) is 11.1. The molecule has 0 aliphatic carbocycles. The molecule has 0 bridgehead atoms. The molecular formula is C27H34Cl2N2O2. The molecule has 0 spiro atoms. The average molecular weight is 489 g/mol. The van der Waals surface area contributed by atoms with E-state index in [1.165, 1.54) is 11.1 Å². The van der Waals surface area contributed by atoms with E-state index in [1.807, 2.05) is 24.3 Å². The van der Waals surface area contributed by atoms with Crippen LogP contribution in [0.25, 0.3) is 0 Å². The van der Waals surface area contributed by atoms with Gasteiger partial charge in [0.05, 0.1) is 7.11 Å². The molecule has 0 amide bonds. The van der Waals surface area contributed by atoms with Gasteiger partial charge in [0.15, 0.2) is 11.5 Å². The Morgan fingerprint density at radius 2 is 1.27 bits per heavy atom. The van der Waals surface area contributed by atoms with E-state index in [9.17, 15) is 0 Å². The summed E-state index contributed by atoms with van der Waals surface area (Å²) in [5, 5.41) is 0. The summed E-state index contributed by atoms with van der Waals surface area (Å²) >= 11 is 0. The maximum Gasteiger partial charge on any atom is 1.00 e. The maximum absolute atomic E-state index is 6.45. The highest BCUT2D eigenvalue weighted by Gasteiger charge is 2.20. The first-order valence-corrected chi connectivity index (χ1v) is 11.1. The van der Waals surface area contributed by atoms with Crippen LogP contribution in [0.2, 0.25) is 0 Å². The third kappa shape index (κ3) is 7.94. The van der Waals surface area contributed by atoms with Gasteiger partial charge in [0.1, 0.15) is 6.10 Å². The van der Waals surface area contributed by atoms with Crippen molar-refractivity contribution in [3.8, 4) is 11.5 Å². The molecule has 0 N–H and O–H groups in total. The predicted octanol–water partition coefficient (Wildman–Crippen LogP) is -0.744. The van der Waals surface area contributed by atoms with Crippen molar-refractivity contribution in [2.24, 2.45) is 0 Å². The number of halogens is 2. The van der Waals surface area contributed by atoms with Gasteiger partial charge >= 0.3 is 2.85 Å². The lowest BCUT2D eigenvalue weighted by atomic mass is 10.1. The van der Waals surface area contributed by atoms with Crippen LogP contribution in [0.3, 0.4) is 0 Å². The Balaban J connectivity index is 0.00000289. The third-order valence-electron chi connectivity index (χ3n) is 5.93. The Labute approximate surface area is 213 Å². The minimum absolute atomic E-state index is 0. The molecule has 6 heteroatoms. The van der Waals surface area contributed by atoms with Crippen molar-refractivity contribution in [3.63, 3.8) is 0 Å². The van der Waals surface area contributed by atoms with Gasteiger partial charge in [-0.25, -0.2) is 0 Å². The number of hydrogen-bond acceptors (Lipinski definition) is 4. The largest absolute Gasteiger partial charge is 1.00 e. The van der Waals surface area contributed by atoms with Crippen molar-refractivity contribution in [1.29, 1.82) is 0 Å². The van der Waals surface area contributed by atoms with Gasteiger partial charge in [0.25, 0.3) is 0 Å². The highest BCUT2D eigenvalue weighted by molar-refractivity contribution is 5.40. The van der Waals surface area contributed by atoms with E-state index < -0.39 is 0 Å². The zero-order valence-corrected chi connectivity index (χ0v) is 20.6. The van der Waals surface area contributed by atoms with Gasteiger partial charge in [-0.15, -0.1) is 0 Å². The predicted molar refractivity (Wildman–Crippen MR) is 128 cm³/mol. The minimum atomic E-state index is -0.000140. The molecule has 0 radical (unpaired) electrons. The number of nitrogens with zero attached hydrogens (tertiary/aromatic N) is 2. The van der Waals surface area contributed by atoms with Gasteiger partial charge < -0.3 is 39.2 Å². The van der Waals surface area contributed by atoms with E-state index in [4.69, 9.17) is 9.47 Å². The fourth-order valence-electron chi connectivity index (χ4n) is 4.14. The van der Waals surface area contributed by atoms with Crippen molar-refractivity contribution < 1.29 is 37.1 Å². The number of hydrogen-bond donors (Lipinski definition) is 0. The highest BCUT2D eigenvalue weighted by Crippen LogP contribution is 2.32. The summed E-state index contributed by atoms with van der Waals surface area (Å²) in [5.74, 6) is 1.57. The van der Waals surface area contributed by atoms with Crippen LogP contribution in [-0.2, 0) is 6.54 Å². The van der Waals surface area contributed by atoms with E-state index in [0.29, 0.717) is 0 Å². The maximum atomic E-state index is 6.45. The summed E-state index contributed by atoms with van der Waals surface area (Å²) in [4.78, 5) is 5.11. The van der Waals surface area contributed by atoms with E-state index in [-0.39, 0.29) is 33.8 Å². The highest BCUT2D eigenvalue weighted by atomic mass is 35.5. The quantitative estimate of drug-likeness (QED) is 0.396. The molecule has 1 saturated heterocycles. The zero-order valence-electron chi connectivity index (χ0n) is 21.1. The summed E-state index contributed by atoms with van der Waals surface area (Å²) in [6, 6.07) is 29.2.